The van der Waals surface area contributed by atoms with E-state index in [2.05, 4.69) is 21.9 Å². The lowest BCUT2D eigenvalue weighted by molar-refractivity contribution is -0.131. The number of hydrogen-bond donors (Lipinski definition) is 1. The Hall–Kier alpha value is -1.39. The minimum atomic E-state index is 0.0382. The van der Waals surface area contributed by atoms with Gasteiger partial charge >= 0.3 is 0 Å². The van der Waals surface area contributed by atoms with E-state index in [0.29, 0.717) is 12.5 Å². The summed E-state index contributed by atoms with van der Waals surface area (Å²) in [5.41, 5.74) is 1.23. The fourth-order valence-corrected chi connectivity index (χ4v) is 4.55. The molecule has 4 heteroatoms. The number of nitrogens with zero attached hydrogens (tertiary/aromatic N) is 2. The maximum atomic E-state index is 12.8. The monoisotopic (exact) mass is 344 g/mol. The fourth-order valence-electron chi connectivity index (χ4n) is 4.55. The third-order valence-electron chi connectivity index (χ3n) is 6.30. The second-order valence-electron chi connectivity index (χ2n) is 7.77. The summed E-state index contributed by atoms with van der Waals surface area (Å²) < 4.78 is 0. The largest absolute Gasteiger partial charge is 0.396 e. The van der Waals surface area contributed by atoms with Crippen molar-refractivity contribution in [3.8, 4) is 0 Å². The first-order valence-electron chi connectivity index (χ1n) is 9.82. The second kappa shape index (κ2) is 8.33. The maximum absolute atomic E-state index is 12.8. The zero-order chi connectivity index (χ0) is 17.7. The van der Waals surface area contributed by atoms with Crippen LogP contribution in [0.15, 0.2) is 30.3 Å². The minimum Gasteiger partial charge on any atom is -0.396 e. The molecule has 0 bridgehead atoms. The summed E-state index contributed by atoms with van der Waals surface area (Å²) in [6, 6.07) is 10.3. The van der Waals surface area contributed by atoms with Gasteiger partial charge in [0, 0.05) is 32.3 Å². The van der Waals surface area contributed by atoms with Crippen LogP contribution in [0.1, 0.15) is 56.4 Å². The average molecular weight is 344 g/mol. The van der Waals surface area contributed by atoms with Crippen molar-refractivity contribution in [2.24, 2.45) is 0 Å². The summed E-state index contributed by atoms with van der Waals surface area (Å²) in [6.07, 6.45) is 7.63. The van der Waals surface area contributed by atoms with E-state index < -0.39 is 0 Å². The highest BCUT2D eigenvalue weighted by Gasteiger charge is 2.50. The van der Waals surface area contributed by atoms with Crippen molar-refractivity contribution in [2.45, 2.75) is 56.4 Å². The topological polar surface area (TPSA) is 43.8 Å². The van der Waals surface area contributed by atoms with Gasteiger partial charge in [-0.1, -0.05) is 43.2 Å². The van der Waals surface area contributed by atoms with Crippen LogP contribution in [-0.2, 0) is 4.79 Å². The molecular weight excluding hydrogens is 312 g/mol. The van der Waals surface area contributed by atoms with Crippen molar-refractivity contribution < 1.29 is 9.90 Å². The first-order chi connectivity index (χ1) is 12.2. The van der Waals surface area contributed by atoms with Crippen molar-refractivity contribution in [3.05, 3.63) is 35.9 Å². The lowest BCUT2D eigenvalue weighted by Gasteiger charge is -2.43. The smallest absolute Gasteiger partial charge is 0.230 e. The highest BCUT2D eigenvalue weighted by Crippen LogP contribution is 2.44. The summed E-state index contributed by atoms with van der Waals surface area (Å²) >= 11 is 0. The van der Waals surface area contributed by atoms with Crippen LogP contribution in [0.3, 0.4) is 0 Å². The number of hydrogen-bond acceptors (Lipinski definition) is 3. The highest BCUT2D eigenvalue weighted by molar-refractivity contribution is 5.87. The van der Waals surface area contributed by atoms with Gasteiger partial charge < -0.3 is 14.9 Å². The lowest BCUT2D eigenvalue weighted by atomic mass is 9.81. The molecule has 2 aliphatic heterocycles. The van der Waals surface area contributed by atoms with Gasteiger partial charge in [0.1, 0.15) is 0 Å². The van der Waals surface area contributed by atoms with Gasteiger partial charge in [-0.05, 0) is 44.2 Å². The number of aliphatic hydroxyl groups excluding tert-OH is 1. The third-order valence-corrected chi connectivity index (χ3v) is 6.30. The van der Waals surface area contributed by atoms with Gasteiger partial charge in [0.25, 0.3) is 0 Å². The van der Waals surface area contributed by atoms with Crippen LogP contribution in [0.4, 0.5) is 0 Å². The minimum absolute atomic E-state index is 0.0382. The van der Waals surface area contributed by atoms with Crippen molar-refractivity contribution in [1.82, 2.24) is 9.80 Å². The molecule has 0 radical (unpaired) electrons. The van der Waals surface area contributed by atoms with Crippen LogP contribution < -0.4 is 0 Å². The van der Waals surface area contributed by atoms with Gasteiger partial charge in [-0.15, -0.1) is 0 Å². The van der Waals surface area contributed by atoms with E-state index in [-0.39, 0.29) is 11.5 Å². The zero-order valence-electron chi connectivity index (χ0n) is 15.5. The molecule has 1 aromatic rings. The predicted molar refractivity (Wildman–Crippen MR) is 101 cm³/mol. The number of rotatable bonds is 7. The summed E-state index contributed by atoms with van der Waals surface area (Å²) in [6.45, 7) is 3.66. The van der Waals surface area contributed by atoms with Crippen LogP contribution in [0.25, 0.3) is 0 Å². The van der Waals surface area contributed by atoms with Crippen molar-refractivity contribution in [3.63, 3.8) is 0 Å². The average Bonchev–Trinajstić information content (AvgIpc) is 2.89. The Labute approximate surface area is 151 Å². The summed E-state index contributed by atoms with van der Waals surface area (Å²) in [5, 5.41) is 8.84. The SMILES string of the molecule is CN1C(=O)[C@@H](c2ccccc2)CC12CCN(CCCCCCO)CC2. The number of piperidine rings is 1. The number of benzene rings is 1. The Bertz CT molecular complexity index is 552. The van der Waals surface area contributed by atoms with Gasteiger partial charge in [-0.2, -0.15) is 0 Å². The van der Waals surface area contributed by atoms with E-state index in [0.717, 1.165) is 51.7 Å². The number of likely N-dealkylation sites (N-methyl/N-ethyl adjacent to an activating group) is 1. The predicted octanol–water partition coefficient (Wildman–Crippen LogP) is 3.02. The molecule has 1 spiro atoms. The summed E-state index contributed by atoms with van der Waals surface area (Å²) in [4.78, 5) is 17.4. The molecule has 2 heterocycles. The Morgan fingerprint density at radius 3 is 2.44 bits per heavy atom. The molecule has 3 rings (SSSR count). The molecule has 138 valence electrons. The van der Waals surface area contributed by atoms with Crippen LogP contribution in [0, 0.1) is 0 Å². The standard InChI is InChI=1S/C21H32N2O2/c1-22-20(25)19(18-9-5-4-6-10-18)17-21(22)11-14-23(15-12-21)13-7-2-3-8-16-24/h4-6,9-10,19,24H,2-3,7-8,11-17H2,1H3/t19-/m1/s1. The number of carbonyl (C=O) groups is 1. The van der Waals surface area contributed by atoms with Crippen molar-refractivity contribution >= 4 is 5.91 Å². The van der Waals surface area contributed by atoms with Gasteiger partial charge in [0.15, 0.2) is 0 Å². The Balaban J connectivity index is 1.53. The first-order valence-corrected chi connectivity index (χ1v) is 9.82. The van der Waals surface area contributed by atoms with E-state index in [9.17, 15) is 4.79 Å². The molecule has 0 aromatic heterocycles. The number of amides is 1. The highest BCUT2D eigenvalue weighted by atomic mass is 16.2. The fraction of sp³-hybridized carbons (Fsp3) is 0.667. The van der Waals surface area contributed by atoms with E-state index >= 15 is 0 Å². The molecule has 25 heavy (non-hydrogen) atoms. The molecule has 1 N–H and O–H groups in total. The van der Waals surface area contributed by atoms with Crippen LogP contribution in [-0.4, -0.2) is 59.6 Å². The Morgan fingerprint density at radius 2 is 1.76 bits per heavy atom. The number of aliphatic hydroxyl groups is 1. The zero-order valence-corrected chi connectivity index (χ0v) is 15.5. The summed E-state index contributed by atoms with van der Waals surface area (Å²) in [5.74, 6) is 0.333. The Kier molecular flexibility index (Phi) is 6.13. The molecule has 0 aliphatic carbocycles. The number of unbranched alkanes of at least 4 members (excludes halogenated alkanes) is 3. The van der Waals surface area contributed by atoms with Gasteiger partial charge in [0.05, 0.1) is 5.92 Å². The van der Waals surface area contributed by atoms with Crippen LogP contribution >= 0.6 is 0 Å². The quantitative estimate of drug-likeness (QED) is 0.773. The van der Waals surface area contributed by atoms with E-state index in [1.165, 1.54) is 18.4 Å². The normalized spacial score (nSPS) is 23.5. The van der Waals surface area contributed by atoms with Crippen LogP contribution in [0.5, 0.6) is 0 Å². The lowest BCUT2D eigenvalue weighted by Crippen LogP contribution is -2.51. The molecule has 0 unspecified atom stereocenters. The van der Waals surface area contributed by atoms with E-state index in [1.54, 1.807) is 0 Å². The Morgan fingerprint density at radius 1 is 1.08 bits per heavy atom. The van der Waals surface area contributed by atoms with E-state index in [1.807, 2.05) is 25.2 Å². The third kappa shape index (κ3) is 4.06. The van der Waals surface area contributed by atoms with Gasteiger partial charge in [-0.3, -0.25) is 4.79 Å². The van der Waals surface area contributed by atoms with Crippen molar-refractivity contribution in [1.29, 1.82) is 0 Å². The maximum Gasteiger partial charge on any atom is 0.230 e. The molecule has 2 saturated heterocycles. The van der Waals surface area contributed by atoms with Crippen LogP contribution in [0.2, 0.25) is 0 Å². The van der Waals surface area contributed by atoms with Gasteiger partial charge in [-0.25, -0.2) is 0 Å². The second-order valence-corrected chi connectivity index (χ2v) is 7.77. The van der Waals surface area contributed by atoms with Gasteiger partial charge in [0.2, 0.25) is 5.91 Å². The molecule has 2 fully saturated rings. The molecule has 1 aromatic carbocycles. The molecule has 1 atom stereocenters. The molecule has 0 saturated carbocycles. The molecule has 2 aliphatic rings. The number of carbonyl (C=O) groups excluding carboxylic acids is 1. The first kappa shape index (κ1) is 18.4. The number of likely N-dealkylation sites (tertiary alicyclic amines) is 2. The summed E-state index contributed by atoms with van der Waals surface area (Å²) in [7, 11) is 2.01. The molecule has 1 amide bonds. The molecular formula is C21H32N2O2. The van der Waals surface area contributed by atoms with E-state index in [4.69, 9.17) is 5.11 Å². The van der Waals surface area contributed by atoms with Crippen molar-refractivity contribution in [2.75, 3.05) is 33.3 Å². The molecule has 4 nitrogen and oxygen atoms in total.